The lowest BCUT2D eigenvalue weighted by molar-refractivity contribution is -0.138. The zero-order valence-electron chi connectivity index (χ0n) is 12.6. The SMILES string of the molecule is CC(C)C[C@H](Nc1ncc(C(=O)N(C)C)cc1Cl)C(=O)O. The van der Waals surface area contributed by atoms with Gasteiger partial charge in [0.1, 0.15) is 11.9 Å². The summed E-state index contributed by atoms with van der Waals surface area (Å²) in [6.07, 6.45) is 1.83. The predicted molar refractivity (Wildman–Crippen MR) is 81.8 cm³/mol. The molecule has 7 heteroatoms. The van der Waals surface area contributed by atoms with Gasteiger partial charge < -0.3 is 15.3 Å². The van der Waals surface area contributed by atoms with Crippen molar-refractivity contribution in [3.63, 3.8) is 0 Å². The maximum atomic E-state index is 11.8. The average molecular weight is 314 g/mol. The van der Waals surface area contributed by atoms with Gasteiger partial charge in [0.2, 0.25) is 0 Å². The molecule has 0 saturated carbocycles. The van der Waals surface area contributed by atoms with Gasteiger partial charge in [0.25, 0.3) is 5.91 Å². The highest BCUT2D eigenvalue weighted by Crippen LogP contribution is 2.22. The fourth-order valence-corrected chi connectivity index (χ4v) is 2.00. The molecular formula is C14H20ClN3O3. The fraction of sp³-hybridized carbons (Fsp3) is 0.500. The summed E-state index contributed by atoms with van der Waals surface area (Å²) in [5, 5.41) is 12.2. The third-order valence-electron chi connectivity index (χ3n) is 2.81. The van der Waals surface area contributed by atoms with Gasteiger partial charge in [-0.25, -0.2) is 9.78 Å². The first kappa shape index (κ1) is 17.2. The number of amides is 1. The van der Waals surface area contributed by atoms with Crippen molar-refractivity contribution >= 4 is 29.3 Å². The number of carbonyl (C=O) groups is 2. The maximum Gasteiger partial charge on any atom is 0.326 e. The van der Waals surface area contributed by atoms with E-state index >= 15 is 0 Å². The third kappa shape index (κ3) is 4.90. The summed E-state index contributed by atoms with van der Waals surface area (Å²) >= 11 is 6.07. The number of carboxylic acids is 1. The van der Waals surface area contributed by atoms with Crippen LogP contribution in [-0.4, -0.2) is 47.0 Å². The predicted octanol–water partition coefficient (Wildman–Crippen LogP) is 2.35. The molecule has 0 aliphatic heterocycles. The lowest BCUT2D eigenvalue weighted by atomic mass is 10.0. The fourth-order valence-electron chi connectivity index (χ4n) is 1.78. The zero-order valence-corrected chi connectivity index (χ0v) is 13.3. The summed E-state index contributed by atoms with van der Waals surface area (Å²) in [6, 6.07) is 0.707. The van der Waals surface area contributed by atoms with E-state index in [0.717, 1.165) is 0 Å². The Balaban J connectivity index is 2.94. The Bertz CT molecular complexity index is 532. The molecule has 0 aliphatic carbocycles. The first-order valence-electron chi connectivity index (χ1n) is 6.59. The molecule has 0 saturated heterocycles. The summed E-state index contributed by atoms with van der Waals surface area (Å²) in [5.74, 6) is -0.699. The summed E-state index contributed by atoms with van der Waals surface area (Å²) in [4.78, 5) is 28.5. The van der Waals surface area contributed by atoms with E-state index in [9.17, 15) is 14.7 Å². The van der Waals surface area contributed by atoms with Crippen LogP contribution in [0.2, 0.25) is 5.02 Å². The molecule has 116 valence electrons. The van der Waals surface area contributed by atoms with Gasteiger partial charge >= 0.3 is 5.97 Å². The van der Waals surface area contributed by atoms with Gasteiger partial charge in [0.05, 0.1) is 10.6 Å². The molecular weight excluding hydrogens is 294 g/mol. The Kier molecular flexibility index (Phi) is 5.96. The van der Waals surface area contributed by atoms with Crippen molar-refractivity contribution in [2.45, 2.75) is 26.3 Å². The smallest absolute Gasteiger partial charge is 0.326 e. The van der Waals surface area contributed by atoms with E-state index in [4.69, 9.17) is 11.6 Å². The van der Waals surface area contributed by atoms with Gasteiger partial charge in [0, 0.05) is 20.3 Å². The van der Waals surface area contributed by atoms with Gasteiger partial charge in [0.15, 0.2) is 0 Å². The normalized spacial score (nSPS) is 12.1. The van der Waals surface area contributed by atoms with Crippen molar-refractivity contribution in [3.05, 3.63) is 22.8 Å². The number of carboxylic acid groups (broad SMARTS) is 1. The topological polar surface area (TPSA) is 82.5 Å². The average Bonchev–Trinajstić information content (AvgIpc) is 2.38. The molecule has 1 atom stereocenters. The molecule has 2 N–H and O–H groups in total. The van der Waals surface area contributed by atoms with Crippen molar-refractivity contribution in [1.29, 1.82) is 0 Å². The Hall–Kier alpha value is -1.82. The maximum absolute atomic E-state index is 11.8. The number of nitrogens with one attached hydrogen (secondary N) is 1. The van der Waals surface area contributed by atoms with Crippen molar-refractivity contribution in [1.82, 2.24) is 9.88 Å². The molecule has 6 nitrogen and oxygen atoms in total. The molecule has 1 rings (SSSR count). The number of aliphatic carboxylic acids is 1. The molecule has 1 amide bonds. The molecule has 21 heavy (non-hydrogen) atoms. The van der Waals surface area contributed by atoms with E-state index in [1.807, 2.05) is 13.8 Å². The van der Waals surface area contributed by atoms with E-state index in [0.29, 0.717) is 12.0 Å². The summed E-state index contributed by atoms with van der Waals surface area (Å²) in [5.41, 5.74) is 0.353. The van der Waals surface area contributed by atoms with Crippen LogP contribution in [0.5, 0.6) is 0 Å². The minimum Gasteiger partial charge on any atom is -0.480 e. The summed E-state index contributed by atoms with van der Waals surface area (Å²) in [7, 11) is 3.26. The number of carbonyl (C=O) groups excluding carboxylic acids is 1. The van der Waals surface area contributed by atoms with Crippen LogP contribution in [0.15, 0.2) is 12.3 Å². The number of nitrogens with zero attached hydrogens (tertiary/aromatic N) is 2. The highest BCUT2D eigenvalue weighted by molar-refractivity contribution is 6.33. The molecule has 0 aliphatic rings. The minimum atomic E-state index is -0.963. The molecule has 0 unspecified atom stereocenters. The van der Waals surface area contributed by atoms with Gasteiger partial charge in [-0.3, -0.25) is 4.79 Å². The van der Waals surface area contributed by atoms with E-state index in [-0.39, 0.29) is 22.7 Å². The monoisotopic (exact) mass is 313 g/mol. The zero-order chi connectivity index (χ0) is 16.2. The summed E-state index contributed by atoms with van der Waals surface area (Å²) < 4.78 is 0. The minimum absolute atomic E-state index is 0.215. The van der Waals surface area contributed by atoms with Crippen LogP contribution in [0.3, 0.4) is 0 Å². The van der Waals surface area contributed by atoms with Crippen molar-refractivity contribution in [2.24, 2.45) is 5.92 Å². The van der Waals surface area contributed by atoms with E-state index < -0.39 is 12.0 Å². The molecule has 0 aromatic carbocycles. The lowest BCUT2D eigenvalue weighted by Gasteiger charge is -2.18. The number of aromatic nitrogens is 1. The number of hydrogen-bond donors (Lipinski definition) is 2. The van der Waals surface area contributed by atoms with Gasteiger partial charge in [-0.15, -0.1) is 0 Å². The molecule has 1 heterocycles. The van der Waals surface area contributed by atoms with E-state index in [1.54, 1.807) is 14.1 Å². The van der Waals surface area contributed by atoms with Crippen LogP contribution in [0.4, 0.5) is 5.82 Å². The molecule has 1 aromatic rings. The van der Waals surface area contributed by atoms with Gasteiger partial charge in [-0.2, -0.15) is 0 Å². The van der Waals surface area contributed by atoms with Crippen LogP contribution in [0.1, 0.15) is 30.6 Å². The molecule has 0 spiro atoms. The van der Waals surface area contributed by atoms with Crippen LogP contribution >= 0.6 is 11.6 Å². The Labute approximate surface area is 129 Å². The molecule has 1 aromatic heterocycles. The standard InChI is InChI=1S/C14H20ClN3O3/c1-8(2)5-11(14(20)21)17-12-10(15)6-9(7-16-12)13(19)18(3)4/h6-8,11H,5H2,1-4H3,(H,16,17)(H,20,21)/t11-/m0/s1. The first-order valence-corrected chi connectivity index (χ1v) is 6.96. The van der Waals surface area contributed by atoms with Gasteiger partial charge in [-0.05, 0) is 18.4 Å². The number of hydrogen-bond acceptors (Lipinski definition) is 4. The highest BCUT2D eigenvalue weighted by Gasteiger charge is 2.21. The van der Waals surface area contributed by atoms with Crippen LogP contribution in [0, 0.1) is 5.92 Å². The summed E-state index contributed by atoms with van der Waals surface area (Å²) in [6.45, 7) is 3.87. The largest absolute Gasteiger partial charge is 0.480 e. The molecule has 0 bridgehead atoms. The van der Waals surface area contributed by atoms with Crippen molar-refractivity contribution in [3.8, 4) is 0 Å². The van der Waals surface area contributed by atoms with Crippen LogP contribution < -0.4 is 5.32 Å². The second kappa shape index (κ2) is 7.26. The Morgan fingerprint density at radius 1 is 1.43 bits per heavy atom. The van der Waals surface area contributed by atoms with Crippen LogP contribution in [-0.2, 0) is 4.79 Å². The van der Waals surface area contributed by atoms with Gasteiger partial charge in [-0.1, -0.05) is 25.4 Å². The number of anilines is 1. The molecule has 0 radical (unpaired) electrons. The number of halogens is 1. The van der Waals surface area contributed by atoms with Crippen molar-refractivity contribution < 1.29 is 14.7 Å². The second-order valence-electron chi connectivity index (χ2n) is 5.42. The number of pyridine rings is 1. The molecule has 0 fully saturated rings. The third-order valence-corrected chi connectivity index (χ3v) is 3.10. The number of rotatable bonds is 6. The lowest BCUT2D eigenvalue weighted by Crippen LogP contribution is -2.31. The Morgan fingerprint density at radius 2 is 2.05 bits per heavy atom. The Morgan fingerprint density at radius 3 is 2.48 bits per heavy atom. The van der Waals surface area contributed by atoms with Crippen molar-refractivity contribution in [2.75, 3.05) is 19.4 Å². The van der Waals surface area contributed by atoms with E-state index in [1.165, 1.54) is 17.2 Å². The van der Waals surface area contributed by atoms with E-state index in [2.05, 4.69) is 10.3 Å². The first-order chi connectivity index (χ1) is 9.72. The quantitative estimate of drug-likeness (QED) is 0.842. The highest BCUT2D eigenvalue weighted by atomic mass is 35.5. The van der Waals surface area contributed by atoms with Crippen LogP contribution in [0.25, 0.3) is 0 Å². The second-order valence-corrected chi connectivity index (χ2v) is 5.83.